The molecule has 0 heterocycles. The van der Waals surface area contributed by atoms with Crippen molar-refractivity contribution in [1.29, 1.82) is 0 Å². The summed E-state index contributed by atoms with van der Waals surface area (Å²) in [6.45, 7) is -2.80. The number of alkyl halides is 2. The van der Waals surface area contributed by atoms with E-state index in [0.29, 0.717) is 16.5 Å². The van der Waals surface area contributed by atoms with Crippen LogP contribution in [-0.2, 0) is 21.3 Å². The average molecular weight is 444 g/mol. The van der Waals surface area contributed by atoms with Gasteiger partial charge in [0.05, 0.1) is 19.1 Å². The van der Waals surface area contributed by atoms with Crippen molar-refractivity contribution in [2.45, 2.75) is 17.9 Å². The Morgan fingerprint density at radius 1 is 1.13 bits per heavy atom. The Hall–Kier alpha value is -2.76. The van der Waals surface area contributed by atoms with Gasteiger partial charge in [0.1, 0.15) is 0 Å². The van der Waals surface area contributed by atoms with Gasteiger partial charge in [0, 0.05) is 19.2 Å². The second kappa shape index (κ2) is 10.3. The lowest BCUT2D eigenvalue weighted by molar-refractivity contribution is -0.0512. The molecule has 0 spiro atoms. The van der Waals surface area contributed by atoms with Crippen LogP contribution < -0.4 is 14.8 Å². The molecule has 30 heavy (non-hydrogen) atoms. The molecule has 164 valence electrons. The van der Waals surface area contributed by atoms with Gasteiger partial charge in [-0.05, 0) is 42.3 Å². The van der Waals surface area contributed by atoms with Crippen molar-refractivity contribution in [1.82, 2.24) is 9.79 Å². The molecule has 1 N–H and O–H groups in total. The van der Waals surface area contributed by atoms with Crippen LogP contribution in [0, 0.1) is 0 Å². The van der Waals surface area contributed by atoms with Crippen molar-refractivity contribution in [3.63, 3.8) is 0 Å². The van der Waals surface area contributed by atoms with Gasteiger partial charge in [0.25, 0.3) is 15.9 Å². The Balaban J connectivity index is 2.04. The van der Waals surface area contributed by atoms with Gasteiger partial charge < -0.3 is 14.8 Å². The highest BCUT2D eigenvalue weighted by Gasteiger charge is 2.22. The molecule has 0 unspecified atom stereocenters. The Kier molecular flexibility index (Phi) is 8.09. The zero-order chi connectivity index (χ0) is 22.3. The maximum atomic E-state index is 12.5. The molecule has 1 amide bonds. The molecule has 0 aliphatic rings. The van der Waals surface area contributed by atoms with Crippen molar-refractivity contribution >= 4 is 15.9 Å². The summed E-state index contributed by atoms with van der Waals surface area (Å²) in [5.41, 5.74) is 0.793. The molecule has 2 aromatic rings. The van der Waals surface area contributed by atoms with Crippen LogP contribution in [0.2, 0.25) is 0 Å². The van der Waals surface area contributed by atoms with E-state index in [2.05, 4.69) is 10.1 Å². The second-order valence-electron chi connectivity index (χ2n) is 5.99. The number of nitrogens with zero attached hydrogens (tertiary/aromatic N) is 1. The van der Waals surface area contributed by atoms with E-state index in [0.717, 1.165) is 0 Å². The number of rotatable bonds is 10. The molecule has 0 fully saturated rings. The summed E-state index contributed by atoms with van der Waals surface area (Å²) in [5, 5.41) is 2.66. The minimum Gasteiger partial charge on any atom is -0.493 e. The SMILES string of the molecule is COc1ccc(CCNC(=O)c2cccc(S(=O)(=O)N(C)OC)c2)cc1OC(F)F. The molecular formula is C19H22F2N2O6S. The number of methoxy groups -OCH3 is 1. The van der Waals surface area contributed by atoms with E-state index < -0.39 is 22.5 Å². The van der Waals surface area contributed by atoms with Crippen LogP contribution in [0.3, 0.4) is 0 Å². The quantitative estimate of drug-likeness (QED) is 0.566. The smallest absolute Gasteiger partial charge is 0.387 e. The fourth-order valence-corrected chi connectivity index (χ4v) is 3.55. The fraction of sp³-hybridized carbons (Fsp3) is 0.316. The fourth-order valence-electron chi connectivity index (χ4n) is 2.53. The molecule has 2 aromatic carbocycles. The van der Waals surface area contributed by atoms with Crippen LogP contribution in [0.5, 0.6) is 11.5 Å². The van der Waals surface area contributed by atoms with Crippen molar-refractivity contribution in [3.8, 4) is 11.5 Å². The first-order chi connectivity index (χ1) is 14.2. The first-order valence-corrected chi connectivity index (χ1v) is 10.2. The van der Waals surface area contributed by atoms with Gasteiger partial charge in [-0.1, -0.05) is 16.6 Å². The van der Waals surface area contributed by atoms with Gasteiger partial charge in [-0.15, -0.1) is 0 Å². The highest BCUT2D eigenvalue weighted by Crippen LogP contribution is 2.29. The summed E-state index contributed by atoms with van der Waals surface area (Å²) in [5.74, 6) is -0.414. The van der Waals surface area contributed by atoms with Gasteiger partial charge in [0.2, 0.25) is 0 Å². The number of carbonyl (C=O) groups is 1. The minimum absolute atomic E-state index is 0.0940. The summed E-state index contributed by atoms with van der Waals surface area (Å²) in [6, 6.07) is 10.1. The van der Waals surface area contributed by atoms with E-state index in [1.807, 2.05) is 0 Å². The van der Waals surface area contributed by atoms with E-state index in [1.54, 1.807) is 6.07 Å². The van der Waals surface area contributed by atoms with Crippen LogP contribution in [0.25, 0.3) is 0 Å². The second-order valence-corrected chi connectivity index (χ2v) is 7.93. The van der Waals surface area contributed by atoms with Crippen LogP contribution in [0.15, 0.2) is 47.4 Å². The number of hydrogen-bond donors (Lipinski definition) is 1. The summed E-state index contributed by atoms with van der Waals surface area (Å²) < 4.78 is 59.7. The molecule has 0 saturated heterocycles. The van der Waals surface area contributed by atoms with Gasteiger partial charge in [-0.2, -0.15) is 8.78 Å². The van der Waals surface area contributed by atoms with Gasteiger partial charge >= 0.3 is 6.61 Å². The van der Waals surface area contributed by atoms with Gasteiger partial charge in [-0.25, -0.2) is 8.42 Å². The standard InChI is InChI=1S/C19H22F2N2O6S/c1-23(28-3)30(25,26)15-6-4-5-14(12-15)18(24)22-10-9-13-7-8-16(27-2)17(11-13)29-19(20)21/h4-8,11-12,19H,9-10H2,1-3H3,(H,22,24). The number of sulfonamides is 1. The van der Waals surface area contributed by atoms with E-state index in [4.69, 9.17) is 9.57 Å². The lowest BCUT2D eigenvalue weighted by Crippen LogP contribution is -2.28. The normalized spacial score (nSPS) is 11.6. The molecule has 0 aliphatic heterocycles. The Bertz CT molecular complexity index is 985. The third kappa shape index (κ3) is 5.88. The average Bonchev–Trinajstić information content (AvgIpc) is 2.72. The zero-order valence-electron chi connectivity index (χ0n) is 16.6. The molecule has 0 aromatic heterocycles. The third-order valence-electron chi connectivity index (χ3n) is 4.13. The maximum absolute atomic E-state index is 12.5. The first kappa shape index (κ1) is 23.5. The van der Waals surface area contributed by atoms with Crippen LogP contribution in [-0.4, -0.2) is 53.2 Å². The summed E-state index contributed by atoms with van der Waals surface area (Å²) in [4.78, 5) is 17.0. The highest BCUT2D eigenvalue weighted by molar-refractivity contribution is 7.89. The topological polar surface area (TPSA) is 94.2 Å². The molecule has 0 saturated carbocycles. The molecule has 0 bridgehead atoms. The predicted octanol–water partition coefficient (Wildman–Crippen LogP) is 2.45. The summed E-state index contributed by atoms with van der Waals surface area (Å²) in [6.07, 6.45) is 0.333. The predicted molar refractivity (Wildman–Crippen MR) is 104 cm³/mol. The molecule has 11 heteroatoms. The van der Waals surface area contributed by atoms with Gasteiger partial charge in [0.15, 0.2) is 11.5 Å². The van der Waals surface area contributed by atoms with Gasteiger partial charge in [-0.3, -0.25) is 9.63 Å². The number of halogens is 2. The Labute approximate surface area is 173 Å². The van der Waals surface area contributed by atoms with E-state index >= 15 is 0 Å². The number of hydrogen-bond acceptors (Lipinski definition) is 6. The molecule has 2 rings (SSSR count). The Morgan fingerprint density at radius 2 is 1.87 bits per heavy atom. The number of carbonyl (C=O) groups excluding carboxylic acids is 1. The molecular weight excluding hydrogens is 422 g/mol. The molecule has 0 aliphatic carbocycles. The van der Waals surface area contributed by atoms with Crippen molar-refractivity contribution in [2.24, 2.45) is 0 Å². The van der Waals surface area contributed by atoms with E-state index in [1.165, 1.54) is 57.7 Å². The number of ether oxygens (including phenoxy) is 2. The number of nitrogens with one attached hydrogen (secondary N) is 1. The third-order valence-corrected chi connectivity index (χ3v) is 5.81. The first-order valence-electron chi connectivity index (χ1n) is 8.72. The van der Waals surface area contributed by atoms with Crippen molar-refractivity contribution in [2.75, 3.05) is 27.8 Å². The summed E-state index contributed by atoms with van der Waals surface area (Å²) >= 11 is 0. The molecule has 0 atom stereocenters. The van der Waals surface area contributed by atoms with Crippen LogP contribution in [0.4, 0.5) is 8.78 Å². The number of amides is 1. The van der Waals surface area contributed by atoms with E-state index in [-0.39, 0.29) is 28.5 Å². The van der Waals surface area contributed by atoms with Crippen LogP contribution in [0.1, 0.15) is 15.9 Å². The minimum atomic E-state index is -3.89. The number of benzene rings is 2. The Morgan fingerprint density at radius 3 is 2.50 bits per heavy atom. The lowest BCUT2D eigenvalue weighted by Gasteiger charge is -2.14. The lowest BCUT2D eigenvalue weighted by atomic mass is 10.1. The highest BCUT2D eigenvalue weighted by atomic mass is 32.2. The molecule has 8 nitrogen and oxygen atoms in total. The maximum Gasteiger partial charge on any atom is 0.387 e. The number of hydroxylamine groups is 1. The molecule has 0 radical (unpaired) electrons. The van der Waals surface area contributed by atoms with Crippen molar-refractivity contribution < 1.29 is 36.3 Å². The van der Waals surface area contributed by atoms with Crippen molar-refractivity contribution in [3.05, 3.63) is 53.6 Å². The van der Waals surface area contributed by atoms with E-state index in [9.17, 15) is 22.0 Å². The monoisotopic (exact) mass is 444 g/mol. The zero-order valence-corrected chi connectivity index (χ0v) is 17.4. The van der Waals surface area contributed by atoms with Crippen LogP contribution >= 0.6 is 0 Å². The largest absolute Gasteiger partial charge is 0.493 e. The summed E-state index contributed by atoms with van der Waals surface area (Å²) in [7, 11) is -0.0939.